The van der Waals surface area contributed by atoms with Gasteiger partial charge >= 0.3 is 0 Å². The van der Waals surface area contributed by atoms with Crippen LogP contribution in [0.25, 0.3) is 6.08 Å². The lowest BCUT2D eigenvalue weighted by Crippen LogP contribution is -2.32. The summed E-state index contributed by atoms with van der Waals surface area (Å²) >= 11 is 4.27. The number of imide groups is 1. The van der Waals surface area contributed by atoms with Crippen LogP contribution in [0.2, 0.25) is 0 Å². The van der Waals surface area contributed by atoms with Crippen molar-refractivity contribution < 1.29 is 19.1 Å². The van der Waals surface area contributed by atoms with Crippen molar-refractivity contribution in [1.82, 2.24) is 4.90 Å². The maximum Gasteiger partial charge on any atom is 0.293 e. The van der Waals surface area contributed by atoms with Crippen molar-refractivity contribution in [3.8, 4) is 17.6 Å². The Kier molecular flexibility index (Phi) is 7.99. The van der Waals surface area contributed by atoms with Crippen molar-refractivity contribution in [2.75, 3.05) is 19.8 Å². The summed E-state index contributed by atoms with van der Waals surface area (Å²) in [5.41, 5.74) is 2.78. The van der Waals surface area contributed by atoms with Gasteiger partial charge in [0.1, 0.15) is 24.2 Å². The van der Waals surface area contributed by atoms with Crippen molar-refractivity contribution >= 4 is 44.9 Å². The zero-order valence-electron chi connectivity index (χ0n) is 18.1. The molecule has 0 N–H and O–H groups in total. The van der Waals surface area contributed by atoms with E-state index in [1.807, 2.05) is 31.2 Å². The van der Waals surface area contributed by atoms with Crippen LogP contribution in [0.5, 0.6) is 11.5 Å². The van der Waals surface area contributed by atoms with Gasteiger partial charge in [-0.3, -0.25) is 14.5 Å². The van der Waals surface area contributed by atoms with E-state index in [0.29, 0.717) is 22.1 Å². The fourth-order valence-electron chi connectivity index (χ4n) is 3.20. The molecule has 6 nitrogen and oxygen atoms in total. The maximum absolute atomic E-state index is 12.9. The van der Waals surface area contributed by atoms with Gasteiger partial charge in [-0.25, -0.2) is 0 Å². The molecular formula is C24H23BrN2O4S. The molecule has 1 aliphatic rings. The van der Waals surface area contributed by atoms with E-state index in [-0.39, 0.29) is 30.9 Å². The van der Waals surface area contributed by atoms with Crippen LogP contribution >= 0.6 is 27.7 Å². The fourth-order valence-corrected chi connectivity index (χ4v) is 4.43. The standard InChI is InChI=1S/C24H23BrN2O4S/c1-15(2)19-6-4-16(3)12-21(19)31-11-9-27-23(28)22(32-24(27)29)14-17-13-18(25)5-7-20(17)30-10-8-26/h4-7,12-15H,9-11H2,1-3H3/b22-14-. The molecule has 3 rings (SSSR count). The van der Waals surface area contributed by atoms with Crippen LogP contribution in [0, 0.1) is 18.3 Å². The van der Waals surface area contributed by atoms with Crippen molar-refractivity contribution in [2.24, 2.45) is 0 Å². The third-order valence-corrected chi connectivity index (χ3v) is 6.19. The number of benzene rings is 2. The zero-order chi connectivity index (χ0) is 23.3. The third kappa shape index (κ3) is 5.72. The van der Waals surface area contributed by atoms with Crippen LogP contribution < -0.4 is 9.47 Å². The minimum absolute atomic E-state index is 0.112. The summed E-state index contributed by atoms with van der Waals surface area (Å²) in [5, 5.41) is 8.43. The predicted octanol–water partition coefficient (Wildman–Crippen LogP) is 5.90. The van der Waals surface area contributed by atoms with Gasteiger partial charge < -0.3 is 9.47 Å². The SMILES string of the molecule is Cc1ccc(C(C)C)c(OCCN2C(=O)S/C(=C\c3cc(Br)ccc3OCC#N)C2=O)c1. The monoisotopic (exact) mass is 514 g/mol. The highest BCUT2D eigenvalue weighted by molar-refractivity contribution is 9.10. The number of aryl methyl sites for hydroxylation is 1. The summed E-state index contributed by atoms with van der Waals surface area (Å²) < 4.78 is 12.2. The Morgan fingerprint density at radius 1 is 1.16 bits per heavy atom. The number of nitrogens with zero attached hydrogens (tertiary/aromatic N) is 2. The van der Waals surface area contributed by atoms with Crippen molar-refractivity contribution in [2.45, 2.75) is 26.7 Å². The molecule has 1 saturated heterocycles. The summed E-state index contributed by atoms with van der Waals surface area (Å²) in [6.45, 7) is 6.43. The van der Waals surface area contributed by atoms with Crippen molar-refractivity contribution in [3.63, 3.8) is 0 Å². The molecule has 0 radical (unpaired) electrons. The predicted molar refractivity (Wildman–Crippen MR) is 129 cm³/mol. The molecule has 0 bridgehead atoms. The molecule has 0 saturated carbocycles. The Morgan fingerprint density at radius 2 is 1.94 bits per heavy atom. The molecule has 0 atom stereocenters. The van der Waals surface area contributed by atoms with Crippen LogP contribution in [0.3, 0.4) is 0 Å². The molecule has 1 heterocycles. The van der Waals surface area contributed by atoms with Crippen LogP contribution in [0.15, 0.2) is 45.8 Å². The summed E-state index contributed by atoms with van der Waals surface area (Å²) in [6.07, 6.45) is 1.61. The molecule has 166 valence electrons. The Balaban J connectivity index is 1.72. The highest BCUT2D eigenvalue weighted by atomic mass is 79.9. The second-order valence-corrected chi connectivity index (χ2v) is 9.42. The summed E-state index contributed by atoms with van der Waals surface area (Å²) in [6, 6.07) is 13.2. The first-order chi connectivity index (χ1) is 15.3. The largest absolute Gasteiger partial charge is 0.491 e. The number of amides is 2. The van der Waals surface area contributed by atoms with Gasteiger partial charge in [0.15, 0.2) is 6.61 Å². The Morgan fingerprint density at radius 3 is 2.66 bits per heavy atom. The number of nitriles is 1. The number of ether oxygens (including phenoxy) is 2. The third-order valence-electron chi connectivity index (χ3n) is 4.79. The van der Waals surface area contributed by atoms with Crippen LogP contribution in [-0.2, 0) is 4.79 Å². The Labute approximate surface area is 200 Å². The van der Waals surface area contributed by atoms with E-state index in [1.165, 1.54) is 4.90 Å². The van der Waals surface area contributed by atoms with Gasteiger partial charge in [-0.1, -0.05) is 41.9 Å². The highest BCUT2D eigenvalue weighted by Crippen LogP contribution is 2.35. The quantitative estimate of drug-likeness (QED) is 0.408. The van der Waals surface area contributed by atoms with Crippen molar-refractivity contribution in [1.29, 1.82) is 5.26 Å². The van der Waals surface area contributed by atoms with Crippen LogP contribution in [0.1, 0.15) is 36.5 Å². The van der Waals surface area contributed by atoms with E-state index in [4.69, 9.17) is 14.7 Å². The average Bonchev–Trinajstić information content (AvgIpc) is 3.00. The molecule has 0 spiro atoms. The summed E-state index contributed by atoms with van der Waals surface area (Å²) in [5.74, 6) is 1.16. The molecule has 8 heteroatoms. The molecule has 0 unspecified atom stereocenters. The van der Waals surface area contributed by atoms with E-state index in [0.717, 1.165) is 33.1 Å². The number of hydrogen-bond donors (Lipinski definition) is 0. The van der Waals surface area contributed by atoms with Gasteiger partial charge in [-0.2, -0.15) is 5.26 Å². The summed E-state index contributed by atoms with van der Waals surface area (Å²) in [7, 11) is 0. The first-order valence-corrected chi connectivity index (χ1v) is 11.7. The van der Waals surface area contributed by atoms with E-state index < -0.39 is 0 Å². The second kappa shape index (κ2) is 10.7. The Bertz CT molecular complexity index is 1110. The van der Waals surface area contributed by atoms with Gasteiger partial charge in [0.05, 0.1) is 11.4 Å². The molecule has 0 aromatic heterocycles. The lowest BCUT2D eigenvalue weighted by Gasteiger charge is -2.17. The average molecular weight is 515 g/mol. The normalized spacial score (nSPS) is 14.9. The molecule has 2 aromatic carbocycles. The molecule has 2 amide bonds. The van der Waals surface area contributed by atoms with Gasteiger partial charge in [0.2, 0.25) is 0 Å². The first kappa shape index (κ1) is 23.9. The van der Waals surface area contributed by atoms with Crippen LogP contribution in [0.4, 0.5) is 4.79 Å². The minimum Gasteiger partial charge on any atom is -0.491 e. The number of halogens is 1. The lowest BCUT2D eigenvalue weighted by molar-refractivity contribution is -0.123. The van der Waals surface area contributed by atoms with Gasteiger partial charge in [0.25, 0.3) is 11.1 Å². The lowest BCUT2D eigenvalue weighted by atomic mass is 10.0. The number of hydrogen-bond acceptors (Lipinski definition) is 6. The number of rotatable bonds is 8. The molecule has 2 aromatic rings. The first-order valence-electron chi connectivity index (χ1n) is 10.1. The van der Waals surface area contributed by atoms with Crippen LogP contribution in [-0.4, -0.2) is 35.8 Å². The topological polar surface area (TPSA) is 79.6 Å². The zero-order valence-corrected chi connectivity index (χ0v) is 20.5. The molecule has 1 aliphatic heterocycles. The van der Waals surface area contributed by atoms with Gasteiger partial charge in [0, 0.05) is 10.0 Å². The maximum atomic E-state index is 12.9. The Hall–Kier alpha value is -2.76. The van der Waals surface area contributed by atoms with E-state index in [2.05, 4.69) is 29.8 Å². The minimum atomic E-state index is -0.372. The van der Waals surface area contributed by atoms with E-state index >= 15 is 0 Å². The van der Waals surface area contributed by atoms with Gasteiger partial charge in [-0.05, 0) is 66.1 Å². The molecule has 0 aliphatic carbocycles. The fraction of sp³-hybridized carbons (Fsp3) is 0.292. The molecule has 32 heavy (non-hydrogen) atoms. The highest BCUT2D eigenvalue weighted by Gasteiger charge is 2.35. The van der Waals surface area contributed by atoms with E-state index in [9.17, 15) is 9.59 Å². The second-order valence-electron chi connectivity index (χ2n) is 7.51. The number of carbonyl (C=O) groups excluding carboxylic acids is 2. The summed E-state index contributed by atoms with van der Waals surface area (Å²) in [4.78, 5) is 26.8. The molecule has 1 fully saturated rings. The van der Waals surface area contributed by atoms with E-state index in [1.54, 1.807) is 24.3 Å². The number of thioether (sulfide) groups is 1. The smallest absolute Gasteiger partial charge is 0.293 e. The van der Waals surface area contributed by atoms with Gasteiger partial charge in [-0.15, -0.1) is 0 Å². The molecular weight excluding hydrogens is 492 g/mol. The van der Waals surface area contributed by atoms with Crippen molar-refractivity contribution in [3.05, 3.63) is 62.5 Å². The number of carbonyl (C=O) groups is 2.